The van der Waals surface area contributed by atoms with Crippen molar-refractivity contribution in [1.82, 2.24) is 5.32 Å². The maximum Gasteiger partial charge on any atom is 0.272 e. The highest BCUT2D eigenvalue weighted by molar-refractivity contribution is 6.08. The molecule has 158 valence electrons. The molecule has 0 heterocycles. The lowest BCUT2D eigenvalue weighted by molar-refractivity contribution is -0.120. The third kappa shape index (κ3) is 6.85. The lowest BCUT2D eigenvalue weighted by Crippen LogP contribution is -2.29. The first-order valence-electron chi connectivity index (χ1n) is 10.1. The van der Waals surface area contributed by atoms with Gasteiger partial charge in [-0.2, -0.15) is 0 Å². The monoisotopic (exact) mass is 414 g/mol. The number of hydrogen-bond donors (Lipinski definition) is 2. The van der Waals surface area contributed by atoms with Crippen molar-refractivity contribution < 1.29 is 14.3 Å². The van der Waals surface area contributed by atoms with E-state index in [-0.39, 0.29) is 11.6 Å². The van der Waals surface area contributed by atoms with Crippen LogP contribution in [0.25, 0.3) is 6.08 Å². The molecule has 0 saturated heterocycles. The molecule has 3 rings (SSSR count). The van der Waals surface area contributed by atoms with E-state index in [2.05, 4.69) is 22.8 Å². The van der Waals surface area contributed by atoms with E-state index >= 15 is 0 Å². The number of carbonyl (C=O) groups is 2. The summed E-state index contributed by atoms with van der Waals surface area (Å²) in [7, 11) is 0. The molecule has 2 amide bonds. The summed E-state index contributed by atoms with van der Waals surface area (Å²) in [6, 6.07) is 25.0. The fourth-order valence-corrected chi connectivity index (χ4v) is 3.02. The third-order valence-corrected chi connectivity index (χ3v) is 4.66. The van der Waals surface area contributed by atoms with E-state index in [0.29, 0.717) is 12.3 Å². The van der Waals surface area contributed by atoms with E-state index in [9.17, 15) is 9.59 Å². The Kier molecular flexibility index (Phi) is 7.60. The van der Waals surface area contributed by atoms with Crippen molar-refractivity contribution in [2.75, 3.05) is 11.9 Å². The zero-order chi connectivity index (χ0) is 22.1. The van der Waals surface area contributed by atoms with Gasteiger partial charge in [0.2, 0.25) is 5.91 Å². The summed E-state index contributed by atoms with van der Waals surface area (Å²) in [6.45, 7) is 3.90. The van der Waals surface area contributed by atoms with Crippen molar-refractivity contribution in [2.24, 2.45) is 0 Å². The summed E-state index contributed by atoms with van der Waals surface area (Å²) in [5, 5.41) is 5.43. The van der Waals surface area contributed by atoms with Gasteiger partial charge in [0.05, 0.1) is 6.61 Å². The topological polar surface area (TPSA) is 67.4 Å². The third-order valence-electron chi connectivity index (χ3n) is 4.66. The van der Waals surface area contributed by atoms with Crippen LogP contribution in [0.4, 0.5) is 5.69 Å². The second-order valence-electron chi connectivity index (χ2n) is 7.16. The molecule has 0 bridgehead atoms. The van der Waals surface area contributed by atoms with Gasteiger partial charge in [-0.05, 0) is 54.0 Å². The average molecular weight is 415 g/mol. The van der Waals surface area contributed by atoms with Crippen molar-refractivity contribution in [3.63, 3.8) is 0 Å². The Morgan fingerprint density at radius 3 is 2.26 bits per heavy atom. The van der Waals surface area contributed by atoms with Crippen molar-refractivity contribution in [3.05, 3.63) is 101 Å². The van der Waals surface area contributed by atoms with Crippen LogP contribution in [-0.2, 0) is 16.0 Å². The fourth-order valence-electron chi connectivity index (χ4n) is 3.02. The molecule has 0 aliphatic carbocycles. The fraction of sp³-hybridized carbons (Fsp3) is 0.154. The second kappa shape index (κ2) is 10.8. The summed E-state index contributed by atoms with van der Waals surface area (Å²) in [6.07, 6.45) is 2.50. The van der Waals surface area contributed by atoms with Crippen LogP contribution in [0.2, 0.25) is 0 Å². The first-order valence-corrected chi connectivity index (χ1v) is 10.1. The summed E-state index contributed by atoms with van der Waals surface area (Å²) in [5.41, 5.74) is 3.89. The van der Waals surface area contributed by atoms with Gasteiger partial charge in [-0.15, -0.1) is 0 Å². The van der Waals surface area contributed by atoms with Crippen LogP contribution in [0.1, 0.15) is 23.6 Å². The molecule has 0 fully saturated rings. The molecule has 31 heavy (non-hydrogen) atoms. The quantitative estimate of drug-likeness (QED) is 0.524. The number of benzene rings is 3. The van der Waals surface area contributed by atoms with Gasteiger partial charge in [-0.25, -0.2) is 0 Å². The number of carbonyl (C=O) groups excluding carboxylic acids is 2. The summed E-state index contributed by atoms with van der Waals surface area (Å²) in [5.74, 6) is 0.0276. The normalized spacial score (nSPS) is 11.0. The van der Waals surface area contributed by atoms with Gasteiger partial charge in [-0.3, -0.25) is 9.59 Å². The Bertz CT molecular complexity index is 1060. The maximum absolute atomic E-state index is 12.8. The largest absolute Gasteiger partial charge is 0.493 e. The summed E-state index contributed by atoms with van der Waals surface area (Å²) < 4.78 is 5.78. The number of hydrogen-bond acceptors (Lipinski definition) is 3. The molecule has 0 radical (unpaired) electrons. The minimum absolute atomic E-state index is 0.185. The maximum atomic E-state index is 12.8. The highest BCUT2D eigenvalue weighted by Gasteiger charge is 2.12. The SMILES string of the molecule is CC(=O)N/C(=C/c1ccccc1C)C(=O)Nc1ccc(OCCc2ccccc2)cc1. The second-order valence-corrected chi connectivity index (χ2v) is 7.16. The van der Waals surface area contributed by atoms with Gasteiger partial charge < -0.3 is 15.4 Å². The Morgan fingerprint density at radius 2 is 1.58 bits per heavy atom. The Morgan fingerprint density at radius 1 is 0.903 bits per heavy atom. The van der Waals surface area contributed by atoms with Crippen LogP contribution in [0, 0.1) is 6.92 Å². The van der Waals surface area contributed by atoms with Gasteiger partial charge in [0.15, 0.2) is 0 Å². The Hall–Kier alpha value is -3.86. The molecule has 0 atom stereocenters. The van der Waals surface area contributed by atoms with E-state index in [4.69, 9.17) is 4.74 Å². The summed E-state index contributed by atoms with van der Waals surface area (Å²) in [4.78, 5) is 24.3. The van der Waals surface area contributed by atoms with E-state index < -0.39 is 5.91 Å². The molecular weight excluding hydrogens is 388 g/mol. The summed E-state index contributed by atoms with van der Waals surface area (Å²) >= 11 is 0. The Labute approximate surface area is 182 Å². The molecule has 0 spiro atoms. The zero-order valence-electron chi connectivity index (χ0n) is 17.7. The standard InChI is InChI=1S/C26H26N2O3/c1-19-8-6-7-11-22(19)18-25(27-20(2)29)26(30)28-23-12-14-24(15-13-23)31-17-16-21-9-4-3-5-10-21/h3-15,18H,16-17H2,1-2H3,(H,27,29)(H,28,30)/b25-18+. The minimum atomic E-state index is -0.392. The van der Waals surface area contributed by atoms with E-state index in [0.717, 1.165) is 23.3 Å². The van der Waals surface area contributed by atoms with Gasteiger partial charge >= 0.3 is 0 Å². The molecule has 0 unspecified atom stereocenters. The number of rotatable bonds is 8. The van der Waals surface area contributed by atoms with Crippen LogP contribution in [-0.4, -0.2) is 18.4 Å². The average Bonchev–Trinajstić information content (AvgIpc) is 2.76. The van der Waals surface area contributed by atoms with Crippen LogP contribution in [0.3, 0.4) is 0 Å². The van der Waals surface area contributed by atoms with Crippen molar-refractivity contribution >= 4 is 23.6 Å². The highest BCUT2D eigenvalue weighted by Crippen LogP contribution is 2.18. The van der Waals surface area contributed by atoms with E-state index in [1.54, 1.807) is 18.2 Å². The van der Waals surface area contributed by atoms with Gasteiger partial charge in [0.1, 0.15) is 11.4 Å². The van der Waals surface area contributed by atoms with Crippen molar-refractivity contribution in [2.45, 2.75) is 20.3 Å². The Balaban J connectivity index is 1.62. The van der Waals surface area contributed by atoms with Gasteiger partial charge in [-0.1, -0.05) is 54.6 Å². The van der Waals surface area contributed by atoms with Crippen LogP contribution >= 0.6 is 0 Å². The van der Waals surface area contributed by atoms with Crippen LogP contribution in [0.15, 0.2) is 84.6 Å². The van der Waals surface area contributed by atoms with Gasteiger partial charge in [0.25, 0.3) is 5.91 Å². The smallest absolute Gasteiger partial charge is 0.272 e. The molecule has 0 aliphatic rings. The highest BCUT2D eigenvalue weighted by atomic mass is 16.5. The van der Waals surface area contributed by atoms with E-state index in [1.165, 1.54) is 12.5 Å². The first kappa shape index (κ1) is 21.8. The molecule has 0 aliphatic heterocycles. The number of amides is 2. The minimum Gasteiger partial charge on any atom is -0.493 e. The molecule has 5 nitrogen and oxygen atoms in total. The molecule has 3 aromatic rings. The lowest BCUT2D eigenvalue weighted by Gasteiger charge is -2.11. The number of nitrogens with one attached hydrogen (secondary N) is 2. The molecule has 3 aromatic carbocycles. The predicted molar refractivity (Wildman–Crippen MR) is 124 cm³/mol. The van der Waals surface area contributed by atoms with E-state index in [1.807, 2.05) is 61.5 Å². The molecule has 0 saturated carbocycles. The molecular formula is C26H26N2O3. The van der Waals surface area contributed by atoms with Crippen molar-refractivity contribution in [3.8, 4) is 5.75 Å². The van der Waals surface area contributed by atoms with Crippen LogP contribution in [0.5, 0.6) is 5.75 Å². The number of anilines is 1. The zero-order valence-corrected chi connectivity index (χ0v) is 17.7. The molecule has 2 N–H and O–H groups in total. The first-order chi connectivity index (χ1) is 15.0. The molecule has 5 heteroatoms. The number of ether oxygens (including phenoxy) is 1. The lowest BCUT2D eigenvalue weighted by atomic mass is 10.1. The molecule has 0 aromatic heterocycles. The van der Waals surface area contributed by atoms with Crippen molar-refractivity contribution in [1.29, 1.82) is 0 Å². The van der Waals surface area contributed by atoms with Gasteiger partial charge in [0, 0.05) is 19.0 Å². The predicted octanol–water partition coefficient (Wildman–Crippen LogP) is 4.73. The number of aryl methyl sites for hydroxylation is 1. The van der Waals surface area contributed by atoms with Crippen LogP contribution < -0.4 is 15.4 Å².